The van der Waals surface area contributed by atoms with Gasteiger partial charge in [-0.25, -0.2) is 9.97 Å². The largest absolute Gasteiger partial charge is 0.483 e. The molecule has 2 fully saturated rings. The van der Waals surface area contributed by atoms with E-state index in [1.54, 1.807) is 6.07 Å². The summed E-state index contributed by atoms with van der Waals surface area (Å²) in [6.45, 7) is 9.95. The fourth-order valence-corrected chi connectivity index (χ4v) is 6.80. The monoisotopic (exact) mass is 651 g/mol. The van der Waals surface area contributed by atoms with Crippen LogP contribution in [0.3, 0.4) is 0 Å². The summed E-state index contributed by atoms with van der Waals surface area (Å²) in [5.74, 6) is 1.67. The zero-order chi connectivity index (χ0) is 32.8. The number of para-hydroxylation sites is 1. The predicted molar refractivity (Wildman–Crippen MR) is 177 cm³/mol. The van der Waals surface area contributed by atoms with Crippen LogP contribution in [0.25, 0.3) is 22.1 Å². The molecule has 5 heterocycles. The second-order valence-corrected chi connectivity index (χ2v) is 13.0. The summed E-state index contributed by atoms with van der Waals surface area (Å²) in [4.78, 5) is 50.9. The fraction of sp³-hybridized carbons (Fsp3) is 0.500. The number of carbonyl (C=O) groups is 2. The molecule has 0 bridgehead atoms. The number of nitrogens with zero attached hydrogens (tertiary/aromatic N) is 4. The molecule has 6 rings (SSSR count). The van der Waals surface area contributed by atoms with Gasteiger partial charge in [0.15, 0.2) is 17.2 Å². The summed E-state index contributed by atoms with van der Waals surface area (Å²) in [5, 5.41) is 8.40. The molecule has 4 aromatic rings. The number of aromatic amines is 1. The van der Waals surface area contributed by atoms with Gasteiger partial charge in [0.05, 0.1) is 5.02 Å². The molecule has 46 heavy (non-hydrogen) atoms. The molecular formula is C34H42ClN5O6. The Morgan fingerprint density at radius 1 is 1.26 bits per heavy atom. The second kappa shape index (κ2) is 14.6. The van der Waals surface area contributed by atoms with Crippen LogP contribution >= 0.6 is 11.6 Å². The van der Waals surface area contributed by atoms with E-state index in [1.165, 1.54) is 6.20 Å². The highest BCUT2D eigenvalue weighted by Crippen LogP contribution is 2.39. The first kappa shape index (κ1) is 33.4. The minimum absolute atomic E-state index is 0.109. The van der Waals surface area contributed by atoms with Crippen molar-refractivity contribution < 1.29 is 23.8 Å². The lowest BCUT2D eigenvalue weighted by atomic mass is 9.68. The number of pyridine rings is 1. The van der Waals surface area contributed by atoms with E-state index in [-0.39, 0.29) is 35.2 Å². The molecule has 3 aromatic heterocycles. The van der Waals surface area contributed by atoms with Crippen molar-refractivity contribution in [3.05, 3.63) is 63.3 Å². The van der Waals surface area contributed by atoms with Gasteiger partial charge in [-0.1, -0.05) is 44.5 Å². The van der Waals surface area contributed by atoms with E-state index in [0.717, 1.165) is 73.1 Å². The number of hydrogen-bond donors (Lipinski definition) is 2. The number of furan rings is 1. The number of carboxylic acid groups (broad SMARTS) is 1. The normalized spacial score (nSPS) is 20.5. The van der Waals surface area contributed by atoms with E-state index < -0.39 is 0 Å². The first-order valence-corrected chi connectivity index (χ1v) is 16.3. The van der Waals surface area contributed by atoms with E-state index in [0.29, 0.717) is 42.7 Å². The van der Waals surface area contributed by atoms with Gasteiger partial charge in [-0.3, -0.25) is 14.4 Å². The van der Waals surface area contributed by atoms with E-state index in [4.69, 9.17) is 40.6 Å². The average Bonchev–Trinajstić information content (AvgIpc) is 3.72. The Labute approximate surface area is 272 Å². The Kier molecular flexibility index (Phi) is 10.6. The number of aromatic nitrogens is 3. The lowest BCUT2D eigenvalue weighted by Crippen LogP contribution is -2.52. The van der Waals surface area contributed by atoms with Crippen molar-refractivity contribution in [2.24, 2.45) is 11.8 Å². The molecule has 3 atom stereocenters. The Morgan fingerprint density at radius 3 is 2.74 bits per heavy atom. The van der Waals surface area contributed by atoms with Crippen molar-refractivity contribution in [3.63, 3.8) is 0 Å². The van der Waals surface area contributed by atoms with Gasteiger partial charge < -0.3 is 29.0 Å². The number of likely N-dealkylation sites (tertiary alicyclic amines) is 1. The zero-order valence-corrected chi connectivity index (χ0v) is 27.4. The number of nitrogens with one attached hydrogen (secondary N) is 1. The summed E-state index contributed by atoms with van der Waals surface area (Å²) < 4.78 is 12.2. The molecule has 2 aliphatic heterocycles. The molecule has 1 aromatic carbocycles. The number of ether oxygens (including phenoxy) is 1. The fourth-order valence-electron chi connectivity index (χ4n) is 6.64. The number of piperidine rings is 1. The van der Waals surface area contributed by atoms with Crippen molar-refractivity contribution in [2.45, 2.75) is 64.9 Å². The molecule has 0 aliphatic carbocycles. The number of fused-ring (bicyclic) bond motifs is 3. The molecule has 2 aliphatic rings. The summed E-state index contributed by atoms with van der Waals surface area (Å²) in [5.41, 5.74) is 2.64. The summed E-state index contributed by atoms with van der Waals surface area (Å²) in [7, 11) is 0. The third-order valence-electron chi connectivity index (χ3n) is 9.51. The average molecular weight is 652 g/mol. The highest BCUT2D eigenvalue weighted by atomic mass is 35.5. The lowest BCUT2D eigenvalue weighted by molar-refractivity contribution is -0.138. The van der Waals surface area contributed by atoms with Gasteiger partial charge in [-0.2, -0.15) is 0 Å². The lowest BCUT2D eigenvalue weighted by Gasteiger charge is -2.45. The minimum Gasteiger partial charge on any atom is -0.483 e. The van der Waals surface area contributed by atoms with Crippen molar-refractivity contribution in [3.8, 4) is 0 Å². The van der Waals surface area contributed by atoms with Crippen LogP contribution in [-0.4, -0.2) is 70.1 Å². The first-order chi connectivity index (χ1) is 22.2. The number of amides is 1. The maximum atomic E-state index is 13.3. The van der Waals surface area contributed by atoms with E-state index in [9.17, 15) is 9.59 Å². The highest BCUT2D eigenvalue weighted by molar-refractivity contribution is 6.30. The number of H-pyrrole nitrogens is 1. The summed E-state index contributed by atoms with van der Waals surface area (Å²) in [6.07, 6.45) is 6.03. The second-order valence-electron chi connectivity index (χ2n) is 12.5. The van der Waals surface area contributed by atoms with E-state index in [1.807, 2.05) is 36.1 Å². The summed E-state index contributed by atoms with van der Waals surface area (Å²) >= 11 is 6.19. The quantitative estimate of drug-likeness (QED) is 0.170. The molecule has 0 radical (unpaired) electrons. The zero-order valence-electron chi connectivity index (χ0n) is 26.6. The van der Waals surface area contributed by atoms with Crippen LogP contribution in [0.1, 0.15) is 64.3 Å². The Morgan fingerprint density at radius 2 is 2.00 bits per heavy atom. The summed E-state index contributed by atoms with van der Waals surface area (Å²) in [6, 6.07) is 9.73. The highest BCUT2D eigenvalue weighted by Gasteiger charge is 2.41. The number of rotatable bonds is 9. The predicted octanol–water partition coefficient (Wildman–Crippen LogP) is 5.78. The minimum atomic E-state index is -0.338. The maximum Gasteiger partial charge on any atom is 0.290 e. The Balaban J connectivity index is 0.00000134. The Hall–Kier alpha value is -3.96. The molecule has 0 saturated carbocycles. The van der Waals surface area contributed by atoms with Crippen molar-refractivity contribution >= 4 is 51.9 Å². The number of carbonyl (C=O) groups excluding carboxylic acids is 1. The van der Waals surface area contributed by atoms with Crippen LogP contribution in [0, 0.1) is 11.8 Å². The molecule has 2 saturated heterocycles. The van der Waals surface area contributed by atoms with E-state index in [2.05, 4.69) is 23.7 Å². The van der Waals surface area contributed by atoms with Gasteiger partial charge in [0.25, 0.3) is 12.0 Å². The van der Waals surface area contributed by atoms with Gasteiger partial charge >= 0.3 is 0 Å². The van der Waals surface area contributed by atoms with Gasteiger partial charge in [0.1, 0.15) is 17.7 Å². The molecule has 0 spiro atoms. The van der Waals surface area contributed by atoms with E-state index >= 15 is 0 Å². The van der Waals surface area contributed by atoms with Crippen LogP contribution < -0.4 is 10.5 Å². The molecule has 246 valence electrons. The standard InChI is InChI=1S/C33H40ClN5O4.CH2O2/c1-21(32(41)39-15-12-33(3,22(2)19-39)25-17-23(34)18-35-31(25)40)9-8-16-42-20-27-36-28-24-10-4-5-11-26(24)43-29(28)30(37-27)38-13-6-7-14-38;2-1-3/h4-5,10-11,17-18,21-22H,6-9,12-16,19-20H2,1-3H3,(H,35,40);1H,(H,2,3). The van der Waals surface area contributed by atoms with Crippen LogP contribution in [-0.2, 0) is 26.3 Å². The van der Waals surface area contributed by atoms with Crippen LogP contribution in [0.4, 0.5) is 5.82 Å². The Bertz CT molecular complexity index is 1730. The smallest absolute Gasteiger partial charge is 0.290 e. The SMILES string of the molecule is CC(CCCOCc1nc(N2CCCC2)c2oc3ccccc3c2n1)C(=O)N1CCC(C)(c2cc(Cl)c[nH]c2=O)C(C)C1.O=CO. The van der Waals surface area contributed by atoms with Gasteiger partial charge in [-0.15, -0.1) is 0 Å². The van der Waals surface area contributed by atoms with Gasteiger partial charge in [0, 0.05) is 61.3 Å². The number of anilines is 1. The molecular weight excluding hydrogens is 610 g/mol. The van der Waals surface area contributed by atoms with Crippen molar-refractivity contribution in [2.75, 3.05) is 37.7 Å². The van der Waals surface area contributed by atoms with Crippen molar-refractivity contribution in [1.29, 1.82) is 0 Å². The van der Waals surface area contributed by atoms with Crippen LogP contribution in [0.15, 0.2) is 45.7 Å². The van der Waals surface area contributed by atoms with Crippen molar-refractivity contribution in [1.82, 2.24) is 19.9 Å². The first-order valence-electron chi connectivity index (χ1n) is 15.9. The van der Waals surface area contributed by atoms with Crippen LogP contribution in [0.2, 0.25) is 5.02 Å². The third kappa shape index (κ3) is 7.05. The van der Waals surface area contributed by atoms with Crippen LogP contribution in [0.5, 0.6) is 0 Å². The number of halogens is 1. The molecule has 2 N–H and O–H groups in total. The third-order valence-corrected chi connectivity index (χ3v) is 9.73. The molecule has 12 heteroatoms. The molecule has 3 unspecified atom stereocenters. The van der Waals surface area contributed by atoms with Gasteiger partial charge in [0.2, 0.25) is 5.91 Å². The number of hydrogen-bond acceptors (Lipinski definition) is 8. The number of benzene rings is 1. The topological polar surface area (TPSA) is 142 Å². The molecule has 11 nitrogen and oxygen atoms in total. The van der Waals surface area contributed by atoms with Gasteiger partial charge in [-0.05, 0) is 56.2 Å². The molecule has 1 amide bonds. The maximum absolute atomic E-state index is 13.3.